The lowest BCUT2D eigenvalue weighted by molar-refractivity contribution is -0.124. The number of hydrogen-bond donors (Lipinski definition) is 2. The Labute approximate surface area is 149 Å². The number of phenolic OH excluding ortho intramolecular Hbond substituents is 1. The van der Waals surface area contributed by atoms with E-state index in [1.165, 1.54) is 5.56 Å². The van der Waals surface area contributed by atoms with Gasteiger partial charge in [0.1, 0.15) is 11.8 Å². The fourth-order valence-corrected chi connectivity index (χ4v) is 3.72. The molecule has 1 aliphatic rings. The second kappa shape index (κ2) is 8.17. The van der Waals surface area contributed by atoms with Gasteiger partial charge in [-0.15, -0.1) is 0 Å². The van der Waals surface area contributed by atoms with Crippen molar-refractivity contribution in [3.05, 3.63) is 65.7 Å². The quantitative estimate of drug-likeness (QED) is 0.849. The molecular weight excluding hydrogens is 312 g/mol. The zero-order valence-electron chi connectivity index (χ0n) is 14.5. The summed E-state index contributed by atoms with van der Waals surface area (Å²) in [5.41, 5.74) is 7.93. The number of hydrogen-bond acceptors (Lipinski definition) is 3. The van der Waals surface area contributed by atoms with E-state index in [0.717, 1.165) is 44.3 Å². The zero-order chi connectivity index (χ0) is 17.6. The van der Waals surface area contributed by atoms with Gasteiger partial charge in [0.15, 0.2) is 0 Å². The number of primary amides is 1. The number of carbonyl (C=O) groups is 1. The summed E-state index contributed by atoms with van der Waals surface area (Å²) >= 11 is 0. The van der Waals surface area contributed by atoms with Gasteiger partial charge in [0.05, 0.1) is 0 Å². The average molecular weight is 338 g/mol. The monoisotopic (exact) mass is 338 g/mol. The summed E-state index contributed by atoms with van der Waals surface area (Å²) in [6.07, 6.45) is 4.36. The van der Waals surface area contributed by atoms with Crippen LogP contribution in [0.25, 0.3) is 0 Å². The number of benzene rings is 2. The molecule has 3 rings (SSSR count). The maximum absolute atomic E-state index is 12.0. The number of likely N-dealkylation sites (tertiary alicyclic amines) is 1. The molecule has 0 saturated carbocycles. The Morgan fingerprint density at radius 1 is 1.08 bits per heavy atom. The zero-order valence-corrected chi connectivity index (χ0v) is 14.5. The molecule has 1 amide bonds. The lowest BCUT2D eigenvalue weighted by Crippen LogP contribution is -2.42. The highest BCUT2D eigenvalue weighted by molar-refractivity contribution is 5.81. The van der Waals surface area contributed by atoms with Gasteiger partial charge in [-0.25, -0.2) is 0 Å². The van der Waals surface area contributed by atoms with E-state index in [2.05, 4.69) is 4.90 Å². The summed E-state index contributed by atoms with van der Waals surface area (Å²) < 4.78 is 0. The maximum atomic E-state index is 12.0. The van der Waals surface area contributed by atoms with Gasteiger partial charge in [0.25, 0.3) is 0 Å². The summed E-state index contributed by atoms with van der Waals surface area (Å²) in [6.45, 7) is 1.81. The minimum Gasteiger partial charge on any atom is -0.508 e. The van der Waals surface area contributed by atoms with Crippen molar-refractivity contribution >= 4 is 5.91 Å². The highest BCUT2D eigenvalue weighted by atomic mass is 16.3. The van der Waals surface area contributed by atoms with E-state index in [0.29, 0.717) is 11.7 Å². The van der Waals surface area contributed by atoms with Crippen LogP contribution in [0.15, 0.2) is 54.6 Å². The first-order valence-corrected chi connectivity index (χ1v) is 8.99. The molecule has 1 fully saturated rings. The van der Waals surface area contributed by atoms with Crippen molar-refractivity contribution in [3.8, 4) is 5.75 Å². The first-order valence-electron chi connectivity index (χ1n) is 8.99. The van der Waals surface area contributed by atoms with Crippen molar-refractivity contribution in [2.45, 2.75) is 31.7 Å². The Balaban J connectivity index is 1.53. The number of aromatic hydroxyl groups is 1. The van der Waals surface area contributed by atoms with Gasteiger partial charge in [0, 0.05) is 0 Å². The number of amides is 1. The fourth-order valence-electron chi connectivity index (χ4n) is 3.72. The van der Waals surface area contributed by atoms with Crippen LogP contribution in [-0.2, 0) is 11.2 Å². The molecule has 0 spiro atoms. The minimum absolute atomic E-state index is 0.270. The molecule has 4 heteroatoms. The second-order valence-electron chi connectivity index (χ2n) is 6.90. The molecule has 0 aliphatic carbocycles. The molecule has 1 heterocycles. The lowest BCUT2D eigenvalue weighted by Gasteiger charge is -2.36. The van der Waals surface area contributed by atoms with Gasteiger partial charge in [-0.1, -0.05) is 42.5 Å². The molecule has 0 radical (unpaired) electrons. The summed E-state index contributed by atoms with van der Waals surface area (Å²) in [5, 5.41) is 9.35. The summed E-state index contributed by atoms with van der Waals surface area (Å²) in [6, 6.07) is 17.0. The highest BCUT2D eigenvalue weighted by Gasteiger charge is 2.29. The molecule has 4 nitrogen and oxygen atoms in total. The normalized spacial score (nSPS) is 17.3. The molecule has 1 aliphatic heterocycles. The van der Waals surface area contributed by atoms with Crippen LogP contribution < -0.4 is 5.73 Å². The first kappa shape index (κ1) is 17.5. The Morgan fingerprint density at radius 2 is 1.72 bits per heavy atom. The van der Waals surface area contributed by atoms with Gasteiger partial charge >= 0.3 is 0 Å². The number of nitrogens with zero attached hydrogens (tertiary/aromatic N) is 1. The maximum Gasteiger partial charge on any atom is 0.239 e. The molecule has 0 aromatic heterocycles. The van der Waals surface area contributed by atoms with Crippen LogP contribution in [0, 0.1) is 5.92 Å². The van der Waals surface area contributed by atoms with Crippen molar-refractivity contribution in [2.24, 2.45) is 11.7 Å². The second-order valence-corrected chi connectivity index (χ2v) is 6.90. The third-order valence-electron chi connectivity index (χ3n) is 5.18. The Morgan fingerprint density at radius 3 is 2.32 bits per heavy atom. The number of phenols is 1. The predicted molar refractivity (Wildman–Crippen MR) is 99.1 cm³/mol. The van der Waals surface area contributed by atoms with Crippen molar-refractivity contribution in [1.29, 1.82) is 0 Å². The van der Waals surface area contributed by atoms with Crippen LogP contribution in [0.5, 0.6) is 5.75 Å². The molecule has 3 N–H and O–H groups in total. The minimum atomic E-state index is -0.320. The third kappa shape index (κ3) is 4.60. The van der Waals surface area contributed by atoms with Gasteiger partial charge in [-0.2, -0.15) is 0 Å². The summed E-state index contributed by atoms with van der Waals surface area (Å²) in [4.78, 5) is 14.2. The van der Waals surface area contributed by atoms with Gasteiger partial charge in [-0.3, -0.25) is 9.69 Å². The number of aryl methyl sites for hydroxylation is 1. The van der Waals surface area contributed by atoms with Crippen LogP contribution in [0.4, 0.5) is 0 Å². The van der Waals surface area contributed by atoms with Gasteiger partial charge in [0.2, 0.25) is 5.91 Å². The number of rotatable bonds is 6. The smallest absolute Gasteiger partial charge is 0.239 e. The average Bonchev–Trinajstić information content (AvgIpc) is 2.63. The molecule has 132 valence electrons. The molecule has 0 unspecified atom stereocenters. The van der Waals surface area contributed by atoms with E-state index in [4.69, 9.17) is 5.73 Å². The number of piperidine rings is 1. The lowest BCUT2D eigenvalue weighted by atomic mass is 9.89. The van der Waals surface area contributed by atoms with Crippen LogP contribution in [0.3, 0.4) is 0 Å². The summed E-state index contributed by atoms with van der Waals surface area (Å²) in [7, 11) is 0. The van der Waals surface area contributed by atoms with E-state index >= 15 is 0 Å². The van der Waals surface area contributed by atoms with Crippen LogP contribution in [0.1, 0.15) is 36.4 Å². The SMILES string of the molecule is NC(=O)[C@H](c1ccccc1)N1CCC(CCc2ccc(O)cc2)CC1. The van der Waals surface area contributed by atoms with Crippen molar-refractivity contribution < 1.29 is 9.90 Å². The number of carbonyl (C=O) groups excluding carboxylic acids is 1. The van der Waals surface area contributed by atoms with Crippen molar-refractivity contribution in [1.82, 2.24) is 4.90 Å². The van der Waals surface area contributed by atoms with E-state index in [9.17, 15) is 9.90 Å². The first-order chi connectivity index (χ1) is 12.1. The van der Waals surface area contributed by atoms with Crippen LogP contribution in [0.2, 0.25) is 0 Å². The van der Waals surface area contributed by atoms with E-state index in [1.807, 2.05) is 42.5 Å². The van der Waals surface area contributed by atoms with E-state index in [1.54, 1.807) is 12.1 Å². The molecule has 2 aromatic carbocycles. The Bertz CT molecular complexity index is 677. The molecule has 2 aromatic rings. The largest absolute Gasteiger partial charge is 0.508 e. The van der Waals surface area contributed by atoms with Gasteiger partial charge < -0.3 is 10.8 Å². The Hall–Kier alpha value is -2.33. The standard InChI is InChI=1S/C21H26N2O2/c22-21(25)20(18-4-2-1-3-5-18)23-14-12-17(13-15-23)7-6-16-8-10-19(24)11-9-16/h1-5,8-11,17,20,24H,6-7,12-15H2,(H2,22,25)/t20-/m0/s1. The predicted octanol–water partition coefficient (Wildman–Crippen LogP) is 3.26. The number of nitrogens with two attached hydrogens (primary N) is 1. The Kier molecular flexibility index (Phi) is 5.71. The molecule has 1 saturated heterocycles. The van der Waals surface area contributed by atoms with E-state index < -0.39 is 0 Å². The van der Waals surface area contributed by atoms with Crippen molar-refractivity contribution in [2.75, 3.05) is 13.1 Å². The highest BCUT2D eigenvalue weighted by Crippen LogP contribution is 2.29. The van der Waals surface area contributed by atoms with E-state index in [-0.39, 0.29) is 11.9 Å². The molecule has 1 atom stereocenters. The molecular formula is C21H26N2O2. The van der Waals surface area contributed by atoms with Gasteiger partial charge in [-0.05, 0) is 68.0 Å². The van der Waals surface area contributed by atoms with Crippen LogP contribution >= 0.6 is 0 Å². The molecule has 0 bridgehead atoms. The summed E-state index contributed by atoms with van der Waals surface area (Å²) in [5.74, 6) is 0.721. The van der Waals surface area contributed by atoms with Crippen molar-refractivity contribution in [3.63, 3.8) is 0 Å². The van der Waals surface area contributed by atoms with Crippen LogP contribution in [-0.4, -0.2) is 29.0 Å². The third-order valence-corrected chi connectivity index (χ3v) is 5.18. The topological polar surface area (TPSA) is 66.6 Å². The fraction of sp³-hybridized carbons (Fsp3) is 0.381. The molecule has 25 heavy (non-hydrogen) atoms.